The maximum absolute atomic E-state index is 11.1. The Labute approximate surface area is 111 Å². The minimum absolute atomic E-state index is 0.123. The van der Waals surface area contributed by atoms with Crippen LogP contribution < -0.4 is 11.1 Å². The van der Waals surface area contributed by atoms with E-state index in [0.717, 1.165) is 11.4 Å². The van der Waals surface area contributed by atoms with Gasteiger partial charge in [-0.3, -0.25) is 10.3 Å². The van der Waals surface area contributed by atoms with Gasteiger partial charge in [-0.05, 0) is 12.1 Å². The van der Waals surface area contributed by atoms with Crippen LogP contribution in [-0.2, 0) is 5.41 Å². The van der Waals surface area contributed by atoms with Crippen molar-refractivity contribution in [2.24, 2.45) is 5.73 Å². The molecule has 100 valence electrons. The summed E-state index contributed by atoms with van der Waals surface area (Å²) in [5.41, 5.74) is 6.69. The number of nitrogens with two attached hydrogens (primary N) is 1. The van der Waals surface area contributed by atoms with Crippen LogP contribution in [0.4, 0.5) is 10.6 Å². The van der Waals surface area contributed by atoms with Crippen LogP contribution in [0.3, 0.4) is 0 Å². The highest BCUT2D eigenvalue weighted by Crippen LogP contribution is 2.25. The highest BCUT2D eigenvalue weighted by Gasteiger charge is 2.21. The number of pyridine rings is 1. The average molecular weight is 259 g/mol. The van der Waals surface area contributed by atoms with Gasteiger partial charge in [0.05, 0.1) is 17.6 Å². The van der Waals surface area contributed by atoms with E-state index in [1.54, 1.807) is 17.1 Å². The fourth-order valence-electron chi connectivity index (χ4n) is 1.64. The van der Waals surface area contributed by atoms with E-state index in [0.29, 0.717) is 5.82 Å². The highest BCUT2D eigenvalue weighted by atomic mass is 16.2. The van der Waals surface area contributed by atoms with Crippen LogP contribution in [0, 0.1) is 0 Å². The Morgan fingerprint density at radius 1 is 1.42 bits per heavy atom. The summed E-state index contributed by atoms with van der Waals surface area (Å²) in [5.74, 6) is 0.533. The third kappa shape index (κ3) is 2.90. The zero-order chi connectivity index (χ0) is 14.0. The molecule has 0 radical (unpaired) electrons. The van der Waals surface area contributed by atoms with Crippen LogP contribution in [0.2, 0.25) is 0 Å². The predicted molar refractivity (Wildman–Crippen MR) is 73.3 cm³/mol. The number of hydrogen-bond donors (Lipinski definition) is 2. The van der Waals surface area contributed by atoms with E-state index in [4.69, 9.17) is 5.73 Å². The molecule has 0 spiro atoms. The van der Waals surface area contributed by atoms with Gasteiger partial charge in [0.15, 0.2) is 0 Å². The second-order valence-corrected chi connectivity index (χ2v) is 5.28. The molecule has 0 aromatic carbocycles. The topological polar surface area (TPSA) is 85.8 Å². The Bertz CT molecular complexity index is 583. The Kier molecular flexibility index (Phi) is 3.25. The van der Waals surface area contributed by atoms with E-state index < -0.39 is 6.03 Å². The lowest BCUT2D eigenvalue weighted by molar-refractivity contribution is 0.259. The van der Waals surface area contributed by atoms with Gasteiger partial charge in [0, 0.05) is 17.7 Å². The normalized spacial score (nSPS) is 11.3. The maximum atomic E-state index is 11.1. The maximum Gasteiger partial charge on any atom is 0.317 e. The quantitative estimate of drug-likeness (QED) is 0.865. The first-order valence-electron chi connectivity index (χ1n) is 5.95. The van der Waals surface area contributed by atoms with Crippen LogP contribution in [0.15, 0.2) is 30.6 Å². The summed E-state index contributed by atoms with van der Waals surface area (Å²) in [6.07, 6.45) is 3.35. The average Bonchev–Trinajstić information content (AvgIpc) is 2.73. The molecule has 2 amide bonds. The number of hydrogen-bond acceptors (Lipinski definition) is 3. The number of aromatic nitrogens is 3. The van der Waals surface area contributed by atoms with Crippen LogP contribution in [0.25, 0.3) is 5.69 Å². The van der Waals surface area contributed by atoms with Crippen molar-refractivity contribution in [3.8, 4) is 5.69 Å². The van der Waals surface area contributed by atoms with Gasteiger partial charge in [-0.2, -0.15) is 5.10 Å². The minimum Gasteiger partial charge on any atom is -0.351 e. The number of carbonyl (C=O) groups is 1. The second kappa shape index (κ2) is 4.72. The fraction of sp³-hybridized carbons (Fsp3) is 0.308. The summed E-state index contributed by atoms with van der Waals surface area (Å²) >= 11 is 0. The Hall–Kier alpha value is -2.37. The summed E-state index contributed by atoms with van der Waals surface area (Å²) in [6.45, 7) is 6.16. The number of rotatable bonds is 2. The smallest absolute Gasteiger partial charge is 0.317 e. The van der Waals surface area contributed by atoms with Crippen molar-refractivity contribution in [3.05, 3.63) is 36.3 Å². The van der Waals surface area contributed by atoms with E-state index in [1.165, 1.54) is 0 Å². The second-order valence-electron chi connectivity index (χ2n) is 5.28. The molecule has 19 heavy (non-hydrogen) atoms. The van der Waals surface area contributed by atoms with Crippen molar-refractivity contribution < 1.29 is 4.79 Å². The van der Waals surface area contributed by atoms with E-state index >= 15 is 0 Å². The molecule has 0 unspecified atom stereocenters. The number of nitrogens with zero attached hydrogens (tertiary/aromatic N) is 3. The molecule has 2 heterocycles. The monoisotopic (exact) mass is 259 g/mol. The molecule has 2 aromatic rings. The van der Waals surface area contributed by atoms with Crippen molar-refractivity contribution in [1.29, 1.82) is 0 Å². The Morgan fingerprint density at radius 2 is 2.16 bits per heavy atom. The first-order chi connectivity index (χ1) is 8.88. The predicted octanol–water partition coefficient (Wildman–Crippen LogP) is 2.06. The van der Waals surface area contributed by atoms with E-state index in [2.05, 4.69) is 36.2 Å². The number of amides is 2. The van der Waals surface area contributed by atoms with Crippen molar-refractivity contribution in [1.82, 2.24) is 14.8 Å². The lowest BCUT2D eigenvalue weighted by Gasteiger charge is -2.14. The first kappa shape index (κ1) is 13.1. The van der Waals surface area contributed by atoms with Gasteiger partial charge in [0.2, 0.25) is 0 Å². The number of carbonyl (C=O) groups excluding carboxylic acids is 1. The Balaban J connectivity index is 2.52. The van der Waals surface area contributed by atoms with Gasteiger partial charge in [0.25, 0.3) is 0 Å². The molecule has 0 saturated carbocycles. The molecule has 0 aliphatic rings. The molecule has 0 aliphatic carbocycles. The zero-order valence-corrected chi connectivity index (χ0v) is 11.2. The van der Waals surface area contributed by atoms with Gasteiger partial charge < -0.3 is 5.73 Å². The number of anilines is 1. The summed E-state index contributed by atoms with van der Waals surface area (Å²) in [4.78, 5) is 15.1. The van der Waals surface area contributed by atoms with Crippen LogP contribution in [0.1, 0.15) is 26.5 Å². The van der Waals surface area contributed by atoms with Crippen LogP contribution >= 0.6 is 0 Å². The van der Waals surface area contributed by atoms with Crippen molar-refractivity contribution in [2.45, 2.75) is 26.2 Å². The van der Waals surface area contributed by atoms with Crippen molar-refractivity contribution >= 4 is 11.8 Å². The molecule has 0 saturated heterocycles. The molecule has 6 nitrogen and oxygen atoms in total. The van der Waals surface area contributed by atoms with Crippen LogP contribution in [-0.4, -0.2) is 20.8 Å². The first-order valence-corrected chi connectivity index (χ1v) is 5.95. The fourth-order valence-corrected chi connectivity index (χ4v) is 1.64. The molecule has 6 heteroatoms. The number of urea groups is 1. The third-order valence-corrected chi connectivity index (χ3v) is 2.62. The molecule has 0 fully saturated rings. The zero-order valence-electron chi connectivity index (χ0n) is 11.2. The number of primary amides is 1. The largest absolute Gasteiger partial charge is 0.351 e. The van der Waals surface area contributed by atoms with Gasteiger partial charge in [0.1, 0.15) is 5.82 Å². The van der Waals surface area contributed by atoms with Crippen LogP contribution in [0.5, 0.6) is 0 Å². The molecule has 0 bridgehead atoms. The lowest BCUT2D eigenvalue weighted by atomic mass is 9.92. The molecule has 0 aliphatic heterocycles. The lowest BCUT2D eigenvalue weighted by Crippen LogP contribution is -2.21. The van der Waals surface area contributed by atoms with Crippen molar-refractivity contribution in [2.75, 3.05) is 5.32 Å². The van der Waals surface area contributed by atoms with Gasteiger partial charge in [-0.15, -0.1) is 0 Å². The minimum atomic E-state index is -0.620. The van der Waals surface area contributed by atoms with E-state index in [-0.39, 0.29) is 5.41 Å². The standard InChI is InChI=1S/C13H17N5O/c1-13(2,3)10-7-11(16-12(14)19)18(17-10)9-5-4-6-15-8-9/h4-8H,1-3H3,(H3,14,16,19). The summed E-state index contributed by atoms with van der Waals surface area (Å²) < 4.78 is 1.62. The SMILES string of the molecule is CC(C)(C)c1cc(NC(N)=O)n(-c2cccnc2)n1. The molecule has 2 aromatic heterocycles. The molecular formula is C13H17N5O. The van der Waals surface area contributed by atoms with E-state index in [1.807, 2.05) is 18.2 Å². The third-order valence-electron chi connectivity index (χ3n) is 2.62. The Morgan fingerprint density at radius 3 is 2.68 bits per heavy atom. The molecule has 2 rings (SSSR count). The summed E-state index contributed by atoms with van der Waals surface area (Å²) in [5, 5.41) is 7.09. The molecule has 3 N–H and O–H groups in total. The number of nitrogens with one attached hydrogen (secondary N) is 1. The summed E-state index contributed by atoms with van der Waals surface area (Å²) in [6, 6.07) is 4.86. The molecule has 0 atom stereocenters. The van der Waals surface area contributed by atoms with Gasteiger partial charge in [-0.1, -0.05) is 20.8 Å². The summed E-state index contributed by atoms with van der Waals surface area (Å²) in [7, 11) is 0. The van der Waals surface area contributed by atoms with Gasteiger partial charge >= 0.3 is 6.03 Å². The van der Waals surface area contributed by atoms with Crippen molar-refractivity contribution in [3.63, 3.8) is 0 Å². The van der Waals surface area contributed by atoms with E-state index in [9.17, 15) is 4.79 Å². The highest BCUT2D eigenvalue weighted by molar-refractivity contribution is 5.87. The van der Waals surface area contributed by atoms with Gasteiger partial charge in [-0.25, -0.2) is 9.48 Å². The molecular weight excluding hydrogens is 242 g/mol.